The molecule has 0 unspecified atom stereocenters. The third kappa shape index (κ3) is 6.72. The Kier molecular flexibility index (Phi) is 9.40. The molecular weight excluding hydrogens is 612 g/mol. The predicted molar refractivity (Wildman–Crippen MR) is 177 cm³/mol. The Morgan fingerprint density at radius 3 is 2.30 bits per heavy atom. The fourth-order valence-electron chi connectivity index (χ4n) is 5.66. The van der Waals surface area contributed by atoms with Crippen LogP contribution in [0.2, 0.25) is 5.02 Å². The van der Waals surface area contributed by atoms with Crippen LogP contribution in [0.5, 0.6) is 5.75 Å². The number of fused-ring (bicyclic) bond motifs is 3. The van der Waals surface area contributed by atoms with E-state index in [4.69, 9.17) is 26.6 Å². The molecule has 1 fully saturated rings. The number of benzene rings is 2. The number of halogens is 1. The first-order valence-corrected chi connectivity index (χ1v) is 14.8. The Morgan fingerprint density at radius 2 is 1.67 bits per heavy atom. The van der Waals surface area contributed by atoms with E-state index in [0.29, 0.717) is 40.7 Å². The van der Waals surface area contributed by atoms with Gasteiger partial charge in [-0.15, -0.1) is 0 Å². The van der Waals surface area contributed by atoms with Crippen molar-refractivity contribution in [2.75, 3.05) is 25.1 Å². The molecule has 1 aliphatic heterocycles. The summed E-state index contributed by atoms with van der Waals surface area (Å²) in [5.74, 6) is -1.83. The molecule has 0 amide bonds. The van der Waals surface area contributed by atoms with Crippen molar-refractivity contribution >= 4 is 51.2 Å². The van der Waals surface area contributed by atoms with Gasteiger partial charge in [0.05, 0.1) is 52.5 Å². The van der Waals surface area contributed by atoms with E-state index >= 15 is 0 Å². The number of imidazole rings is 1. The van der Waals surface area contributed by atoms with Crippen molar-refractivity contribution in [2.45, 2.75) is 25.9 Å². The van der Waals surface area contributed by atoms with E-state index in [0.717, 1.165) is 51.8 Å². The smallest absolute Gasteiger partial charge is 0.333 e. The average Bonchev–Trinajstić information content (AvgIpc) is 3.29. The zero-order chi connectivity index (χ0) is 33.1. The minimum absolute atomic E-state index is 0.156. The summed E-state index contributed by atoms with van der Waals surface area (Å²) in [6, 6.07) is 14.6. The second-order valence-electron chi connectivity index (χ2n) is 11.0. The number of piperazine rings is 1. The molecule has 46 heavy (non-hydrogen) atoms. The number of carbonyl (C=O) groups is 2. The van der Waals surface area contributed by atoms with Crippen molar-refractivity contribution < 1.29 is 24.5 Å². The topological polar surface area (TPSA) is 152 Å². The maximum absolute atomic E-state index is 13.6. The lowest BCUT2D eigenvalue weighted by atomic mass is 10.0. The van der Waals surface area contributed by atoms with Crippen LogP contribution in [0.1, 0.15) is 13.8 Å². The second-order valence-corrected chi connectivity index (χ2v) is 11.4. The minimum Gasteiger partial charge on any atom is -0.495 e. The first-order valence-electron chi connectivity index (χ1n) is 14.4. The first-order chi connectivity index (χ1) is 22.0. The molecule has 3 aromatic heterocycles. The maximum atomic E-state index is 13.6. The molecule has 0 bridgehead atoms. The van der Waals surface area contributed by atoms with Gasteiger partial charge in [-0.05, 0) is 55.8 Å². The molecule has 238 valence electrons. The Morgan fingerprint density at radius 1 is 0.978 bits per heavy atom. The molecule has 12 nitrogen and oxygen atoms in total. The molecule has 0 spiro atoms. The summed E-state index contributed by atoms with van der Waals surface area (Å²) >= 11 is 6.86. The molecule has 5 aromatic rings. The largest absolute Gasteiger partial charge is 0.495 e. The molecule has 0 aliphatic carbocycles. The minimum atomic E-state index is -1.26. The molecule has 1 saturated heterocycles. The summed E-state index contributed by atoms with van der Waals surface area (Å²) in [6.45, 7) is 6.09. The van der Waals surface area contributed by atoms with Gasteiger partial charge in [0.25, 0.3) is 0 Å². The molecule has 0 saturated carbocycles. The number of hydrogen-bond donors (Lipinski definition) is 3. The third-order valence-corrected chi connectivity index (χ3v) is 7.92. The van der Waals surface area contributed by atoms with E-state index in [2.05, 4.69) is 40.1 Å². The van der Waals surface area contributed by atoms with Crippen molar-refractivity contribution in [1.29, 1.82) is 0 Å². The van der Waals surface area contributed by atoms with E-state index < -0.39 is 11.9 Å². The number of aryl methyl sites for hydroxylation is 1. The number of carboxylic acids is 2. The summed E-state index contributed by atoms with van der Waals surface area (Å²) in [7, 11) is 3.39. The zero-order valence-corrected chi connectivity index (χ0v) is 26.4. The highest BCUT2D eigenvalue weighted by Crippen LogP contribution is 2.33. The van der Waals surface area contributed by atoms with Gasteiger partial charge in [0.1, 0.15) is 5.75 Å². The summed E-state index contributed by atoms with van der Waals surface area (Å²) in [6.07, 6.45) is 6.34. The number of ether oxygens (including phenoxy) is 1. The van der Waals surface area contributed by atoms with Crippen molar-refractivity contribution in [2.24, 2.45) is 7.05 Å². The number of aliphatic carboxylic acids is 2. The third-order valence-electron chi connectivity index (χ3n) is 7.62. The molecule has 6 rings (SSSR count). The highest BCUT2D eigenvalue weighted by Gasteiger charge is 2.24. The van der Waals surface area contributed by atoms with Gasteiger partial charge >= 0.3 is 17.6 Å². The van der Waals surface area contributed by atoms with E-state index in [-0.39, 0.29) is 5.69 Å². The summed E-state index contributed by atoms with van der Waals surface area (Å²) < 4.78 is 8.72. The van der Waals surface area contributed by atoms with Crippen molar-refractivity contribution in [1.82, 2.24) is 24.4 Å². The summed E-state index contributed by atoms with van der Waals surface area (Å²) in [4.78, 5) is 43.9. The fraction of sp³-hybridized carbons (Fsp3) is 0.242. The lowest BCUT2D eigenvalue weighted by Gasteiger charge is -2.38. The quantitative estimate of drug-likeness (QED) is 0.225. The molecular formula is C33H33ClN6O6. The van der Waals surface area contributed by atoms with E-state index in [9.17, 15) is 14.4 Å². The number of carboxylic acid groups (broad SMARTS) is 2. The average molecular weight is 645 g/mol. The van der Waals surface area contributed by atoms with E-state index in [1.165, 1.54) is 0 Å². The molecule has 1 aliphatic rings. The van der Waals surface area contributed by atoms with Crippen LogP contribution in [0, 0.1) is 0 Å². The fourth-order valence-corrected chi connectivity index (χ4v) is 5.96. The first kappa shape index (κ1) is 32.2. The van der Waals surface area contributed by atoms with Crippen LogP contribution >= 0.6 is 11.6 Å². The summed E-state index contributed by atoms with van der Waals surface area (Å²) in [5.41, 5.74) is 5.73. The number of aromatic nitrogens is 4. The highest BCUT2D eigenvalue weighted by atomic mass is 35.5. The number of nitrogens with zero attached hydrogens (tertiary/aromatic N) is 5. The van der Waals surface area contributed by atoms with Gasteiger partial charge in [0.15, 0.2) is 0 Å². The number of pyridine rings is 2. The lowest BCUT2D eigenvalue weighted by molar-refractivity contribution is -0.134. The molecule has 0 radical (unpaired) electrons. The van der Waals surface area contributed by atoms with Gasteiger partial charge in [-0.25, -0.2) is 14.4 Å². The Bertz CT molecular complexity index is 2010. The van der Waals surface area contributed by atoms with Crippen LogP contribution in [0.4, 0.5) is 5.69 Å². The molecule has 3 N–H and O–H groups in total. The number of methoxy groups -OCH3 is 1. The van der Waals surface area contributed by atoms with Crippen LogP contribution in [0.15, 0.2) is 78.0 Å². The van der Waals surface area contributed by atoms with E-state index in [1.54, 1.807) is 41.9 Å². The van der Waals surface area contributed by atoms with Gasteiger partial charge < -0.3 is 25.2 Å². The van der Waals surface area contributed by atoms with Crippen molar-refractivity contribution in [3.05, 3.63) is 88.7 Å². The monoisotopic (exact) mass is 644 g/mol. The zero-order valence-electron chi connectivity index (χ0n) is 25.6. The van der Waals surface area contributed by atoms with Crippen LogP contribution in [-0.4, -0.2) is 73.5 Å². The van der Waals surface area contributed by atoms with Crippen molar-refractivity contribution in [3.8, 4) is 22.6 Å². The van der Waals surface area contributed by atoms with Gasteiger partial charge in [-0.2, -0.15) is 0 Å². The lowest BCUT2D eigenvalue weighted by Crippen LogP contribution is -2.54. The van der Waals surface area contributed by atoms with Crippen LogP contribution in [0.25, 0.3) is 38.8 Å². The van der Waals surface area contributed by atoms with Gasteiger partial charge in [0, 0.05) is 61.5 Å². The molecule has 2 aromatic carbocycles. The predicted octanol–water partition coefficient (Wildman–Crippen LogP) is 4.50. The maximum Gasteiger partial charge on any atom is 0.333 e. The SMILES string of the molecule is COc1cncc(-c2ccc3ncc4c(c3c2)n(-c2ccc(N3C[C@@H](C)N[C@@H](C)C3)c(Cl)c2)c(=O)n4C)c1.O=C(O)C=CC(=O)O. The Hall–Kier alpha value is -5.20. The van der Waals surface area contributed by atoms with Crippen molar-refractivity contribution in [3.63, 3.8) is 0 Å². The Labute approximate surface area is 269 Å². The highest BCUT2D eigenvalue weighted by molar-refractivity contribution is 6.33. The van der Waals surface area contributed by atoms with Gasteiger partial charge in [0.2, 0.25) is 0 Å². The Balaban J connectivity index is 0.000000463. The standard InChI is InChI=1S/C29H29ClN6O2.C4H4O4/c1-17-15-35(16-18(2)33-17)26-8-6-21(11-24(26)30)36-28-23-10-19(20-9-22(38-4)13-31-12-20)5-7-25(23)32-14-27(28)34(3)29(36)37;5-3(6)1-2-4(7)8/h5-14,17-18,33H,15-16H2,1-4H3;1-2H,(H,5,6)(H,7,8)/t17-,18+;. The molecule has 2 atom stereocenters. The number of rotatable bonds is 6. The molecule has 13 heteroatoms. The normalized spacial score (nSPS) is 16.4. The number of hydrogen-bond acceptors (Lipinski definition) is 8. The van der Waals surface area contributed by atoms with E-state index in [1.807, 2.05) is 36.4 Å². The number of nitrogens with one attached hydrogen (secondary N) is 1. The van der Waals surface area contributed by atoms with Gasteiger partial charge in [-0.1, -0.05) is 17.7 Å². The second kappa shape index (κ2) is 13.4. The van der Waals surface area contributed by atoms with Crippen LogP contribution in [0.3, 0.4) is 0 Å². The van der Waals surface area contributed by atoms with Crippen LogP contribution < -0.4 is 20.6 Å². The molecule has 4 heterocycles. The number of anilines is 1. The van der Waals surface area contributed by atoms with Gasteiger partial charge in [-0.3, -0.25) is 19.1 Å². The van der Waals surface area contributed by atoms with Crippen LogP contribution in [-0.2, 0) is 16.6 Å². The summed E-state index contributed by atoms with van der Waals surface area (Å²) in [5, 5.41) is 20.7.